The quantitative estimate of drug-likeness (QED) is 0.559. The van der Waals surface area contributed by atoms with E-state index in [0.29, 0.717) is 22.2 Å². The predicted molar refractivity (Wildman–Crippen MR) is 102 cm³/mol. The molecule has 3 aromatic rings. The smallest absolute Gasteiger partial charge is 0.312 e. The van der Waals surface area contributed by atoms with Crippen LogP contribution in [-0.4, -0.2) is 28.1 Å². The van der Waals surface area contributed by atoms with Gasteiger partial charge in [-0.2, -0.15) is 0 Å². The number of nitrogens with zero attached hydrogens (tertiary/aromatic N) is 2. The molecule has 0 spiro atoms. The van der Waals surface area contributed by atoms with Crippen molar-refractivity contribution < 1.29 is 28.0 Å². The van der Waals surface area contributed by atoms with E-state index in [-0.39, 0.29) is 24.7 Å². The average molecular weight is 419 g/mol. The lowest BCUT2D eigenvalue weighted by atomic mass is 10.3. The van der Waals surface area contributed by atoms with E-state index < -0.39 is 18.0 Å². The van der Waals surface area contributed by atoms with E-state index >= 15 is 0 Å². The number of ether oxygens (including phenoxy) is 2. The number of benzene rings is 1. The summed E-state index contributed by atoms with van der Waals surface area (Å²) < 4.78 is 28.4. The van der Waals surface area contributed by atoms with Gasteiger partial charge >= 0.3 is 5.97 Å². The molecule has 0 aliphatic heterocycles. The van der Waals surface area contributed by atoms with E-state index in [0.717, 1.165) is 0 Å². The van der Waals surface area contributed by atoms with Gasteiger partial charge in [-0.3, -0.25) is 9.59 Å². The van der Waals surface area contributed by atoms with Gasteiger partial charge in [0.25, 0.3) is 5.91 Å². The Hall–Kier alpha value is -3.27. The number of nitrogens with one attached hydrogen (secondary N) is 1. The Morgan fingerprint density at radius 1 is 1.31 bits per heavy atom. The lowest BCUT2D eigenvalue weighted by molar-refractivity contribution is -0.152. The Balaban J connectivity index is 1.45. The van der Waals surface area contributed by atoms with Crippen molar-refractivity contribution in [2.75, 3.05) is 5.32 Å². The van der Waals surface area contributed by atoms with Crippen LogP contribution in [0.4, 0.5) is 10.2 Å². The van der Waals surface area contributed by atoms with Crippen LogP contribution in [0, 0.1) is 12.7 Å². The van der Waals surface area contributed by atoms with Crippen LogP contribution < -0.4 is 10.1 Å². The number of carbonyl (C=O) groups is 2. The first-order chi connectivity index (χ1) is 13.9. The zero-order valence-corrected chi connectivity index (χ0v) is 16.5. The van der Waals surface area contributed by atoms with Crippen LogP contribution in [-0.2, 0) is 27.4 Å². The lowest BCUT2D eigenvalue weighted by Gasteiger charge is -2.11. The molecule has 0 radical (unpaired) electrons. The molecule has 1 aromatic carbocycles. The highest BCUT2D eigenvalue weighted by molar-refractivity contribution is 7.09. The van der Waals surface area contributed by atoms with Crippen molar-refractivity contribution in [3.8, 4) is 5.75 Å². The maximum absolute atomic E-state index is 12.9. The van der Waals surface area contributed by atoms with Gasteiger partial charge in [0.2, 0.25) is 0 Å². The first kappa shape index (κ1) is 20.5. The Bertz CT molecular complexity index is 986. The van der Waals surface area contributed by atoms with Gasteiger partial charge in [0.05, 0.1) is 12.1 Å². The molecule has 0 bridgehead atoms. The maximum Gasteiger partial charge on any atom is 0.312 e. The molecule has 1 atom stereocenters. The topological polar surface area (TPSA) is 104 Å². The molecule has 3 rings (SSSR count). The van der Waals surface area contributed by atoms with Crippen molar-refractivity contribution >= 4 is 29.0 Å². The number of thiazole rings is 1. The number of hydrogen-bond acceptors (Lipinski definition) is 8. The Morgan fingerprint density at radius 3 is 2.76 bits per heavy atom. The van der Waals surface area contributed by atoms with Gasteiger partial charge in [-0.05, 0) is 38.1 Å². The molecule has 1 N–H and O–H groups in total. The molecule has 0 unspecified atom stereocenters. The van der Waals surface area contributed by atoms with Crippen molar-refractivity contribution in [3.05, 3.63) is 58.0 Å². The van der Waals surface area contributed by atoms with Crippen LogP contribution in [0.1, 0.15) is 23.4 Å². The monoisotopic (exact) mass is 419 g/mol. The number of rotatable bonds is 8. The number of carbonyl (C=O) groups excluding carboxylic acids is 2. The zero-order chi connectivity index (χ0) is 20.8. The standard InChI is InChI=1S/C19H18FN3O5S/c1-11-7-16(23-28-11)22-19(25)12(2)27-18(24)8-14-10-29-17(21-14)9-26-15-5-3-13(20)4-6-15/h3-7,10,12H,8-9H2,1-2H3,(H,22,23,25)/t12-/m0/s1. The van der Waals surface area contributed by atoms with Crippen molar-refractivity contribution in [2.45, 2.75) is 33.0 Å². The highest BCUT2D eigenvalue weighted by atomic mass is 32.1. The number of hydrogen-bond donors (Lipinski definition) is 1. The van der Waals surface area contributed by atoms with Gasteiger partial charge < -0.3 is 19.3 Å². The summed E-state index contributed by atoms with van der Waals surface area (Å²) in [6, 6.07) is 7.21. The first-order valence-electron chi connectivity index (χ1n) is 8.64. The van der Waals surface area contributed by atoms with Crippen LogP contribution in [0.15, 0.2) is 40.2 Å². The molecule has 0 fully saturated rings. The summed E-state index contributed by atoms with van der Waals surface area (Å²) in [6.07, 6.45) is -1.08. The van der Waals surface area contributed by atoms with Gasteiger partial charge in [0.1, 0.15) is 28.9 Å². The van der Waals surface area contributed by atoms with Crippen molar-refractivity contribution in [2.24, 2.45) is 0 Å². The summed E-state index contributed by atoms with van der Waals surface area (Å²) in [6.45, 7) is 3.35. The van der Waals surface area contributed by atoms with E-state index in [4.69, 9.17) is 14.0 Å². The number of anilines is 1. The Morgan fingerprint density at radius 2 is 2.07 bits per heavy atom. The molecule has 2 aromatic heterocycles. The second-order valence-corrected chi connectivity index (χ2v) is 7.04. The SMILES string of the molecule is Cc1cc(NC(=O)[C@H](C)OC(=O)Cc2csc(COc3ccc(F)cc3)n2)no1. The molecule has 0 saturated carbocycles. The van der Waals surface area contributed by atoms with Gasteiger partial charge in [-0.1, -0.05) is 5.16 Å². The number of aromatic nitrogens is 2. The predicted octanol–water partition coefficient (Wildman–Crippen LogP) is 3.27. The van der Waals surface area contributed by atoms with E-state index in [1.807, 2.05) is 0 Å². The van der Waals surface area contributed by atoms with Gasteiger partial charge in [0, 0.05) is 11.4 Å². The molecule has 29 heavy (non-hydrogen) atoms. The molecular weight excluding hydrogens is 401 g/mol. The number of halogens is 1. The summed E-state index contributed by atoms with van der Waals surface area (Å²) in [5.41, 5.74) is 0.512. The minimum absolute atomic E-state index is 0.0757. The molecule has 0 saturated heterocycles. The average Bonchev–Trinajstić information content (AvgIpc) is 3.29. The summed E-state index contributed by atoms with van der Waals surface area (Å²) in [5, 5.41) is 8.51. The minimum atomic E-state index is -1.00. The summed E-state index contributed by atoms with van der Waals surface area (Å²) in [7, 11) is 0. The lowest BCUT2D eigenvalue weighted by Crippen LogP contribution is -2.30. The minimum Gasteiger partial charge on any atom is -0.486 e. The van der Waals surface area contributed by atoms with E-state index in [1.165, 1.54) is 42.5 Å². The molecule has 8 nitrogen and oxygen atoms in total. The fraction of sp³-hybridized carbons (Fsp3) is 0.263. The molecular formula is C19H18FN3O5S. The summed E-state index contributed by atoms with van der Waals surface area (Å²) >= 11 is 1.33. The third-order valence-electron chi connectivity index (χ3n) is 3.66. The second kappa shape index (κ2) is 9.28. The highest BCUT2D eigenvalue weighted by Gasteiger charge is 2.20. The fourth-order valence-electron chi connectivity index (χ4n) is 2.27. The molecule has 1 amide bonds. The molecule has 2 heterocycles. The maximum atomic E-state index is 12.9. The largest absolute Gasteiger partial charge is 0.486 e. The second-order valence-electron chi connectivity index (χ2n) is 6.10. The van der Waals surface area contributed by atoms with E-state index in [1.54, 1.807) is 18.4 Å². The van der Waals surface area contributed by atoms with Crippen LogP contribution >= 0.6 is 11.3 Å². The van der Waals surface area contributed by atoms with Crippen LogP contribution in [0.3, 0.4) is 0 Å². The highest BCUT2D eigenvalue weighted by Crippen LogP contribution is 2.16. The van der Waals surface area contributed by atoms with Crippen molar-refractivity contribution in [3.63, 3.8) is 0 Å². The molecule has 0 aliphatic rings. The zero-order valence-electron chi connectivity index (χ0n) is 15.7. The van der Waals surface area contributed by atoms with Gasteiger partial charge in [-0.15, -0.1) is 11.3 Å². The fourth-order valence-corrected chi connectivity index (χ4v) is 2.97. The molecule has 152 valence electrons. The third kappa shape index (κ3) is 6.11. The number of aryl methyl sites for hydroxylation is 1. The van der Waals surface area contributed by atoms with Gasteiger partial charge in [-0.25, -0.2) is 9.37 Å². The van der Waals surface area contributed by atoms with Crippen LogP contribution in [0.25, 0.3) is 0 Å². The van der Waals surface area contributed by atoms with Crippen molar-refractivity contribution in [1.82, 2.24) is 10.1 Å². The Kier molecular flexibility index (Phi) is 6.55. The van der Waals surface area contributed by atoms with Crippen molar-refractivity contribution in [1.29, 1.82) is 0 Å². The van der Waals surface area contributed by atoms with E-state index in [9.17, 15) is 14.0 Å². The van der Waals surface area contributed by atoms with Crippen LogP contribution in [0.5, 0.6) is 5.75 Å². The summed E-state index contributed by atoms with van der Waals surface area (Å²) in [5.74, 6) is -0.122. The molecule has 10 heteroatoms. The number of amides is 1. The van der Waals surface area contributed by atoms with E-state index in [2.05, 4.69) is 15.5 Å². The summed E-state index contributed by atoms with van der Waals surface area (Å²) in [4.78, 5) is 28.4. The first-order valence-corrected chi connectivity index (χ1v) is 9.52. The number of esters is 1. The van der Waals surface area contributed by atoms with Crippen LogP contribution in [0.2, 0.25) is 0 Å². The van der Waals surface area contributed by atoms with Gasteiger partial charge in [0.15, 0.2) is 11.9 Å². The normalized spacial score (nSPS) is 11.7. The third-order valence-corrected chi connectivity index (χ3v) is 4.53. The molecule has 0 aliphatic carbocycles. The Labute approximate surface area is 169 Å².